The minimum atomic E-state index is -0.895. The zero-order chi connectivity index (χ0) is 13.2. The molecule has 0 spiro atoms. The SMILES string of the molecule is O=C(O)c1ccc2c(c1)C(Cc1ccccc1)CO2. The molecule has 2 aromatic carbocycles. The first kappa shape index (κ1) is 11.8. The molecule has 96 valence electrons. The largest absolute Gasteiger partial charge is 0.493 e. The normalized spacial score (nSPS) is 16.7. The van der Waals surface area contributed by atoms with Gasteiger partial charge in [-0.1, -0.05) is 30.3 Å². The minimum absolute atomic E-state index is 0.233. The number of carbonyl (C=O) groups is 1. The average Bonchev–Trinajstić information content (AvgIpc) is 2.82. The molecule has 0 saturated heterocycles. The third kappa shape index (κ3) is 2.32. The van der Waals surface area contributed by atoms with E-state index in [9.17, 15) is 4.79 Å². The molecule has 0 bridgehead atoms. The van der Waals surface area contributed by atoms with Crippen LogP contribution in [0.15, 0.2) is 48.5 Å². The smallest absolute Gasteiger partial charge is 0.335 e. The van der Waals surface area contributed by atoms with Crippen molar-refractivity contribution in [1.29, 1.82) is 0 Å². The van der Waals surface area contributed by atoms with E-state index < -0.39 is 5.97 Å². The fraction of sp³-hybridized carbons (Fsp3) is 0.188. The molecule has 0 aromatic heterocycles. The van der Waals surface area contributed by atoms with Gasteiger partial charge in [0.15, 0.2) is 0 Å². The first-order valence-corrected chi connectivity index (χ1v) is 6.28. The topological polar surface area (TPSA) is 46.5 Å². The predicted molar refractivity (Wildman–Crippen MR) is 71.8 cm³/mol. The molecule has 0 radical (unpaired) electrons. The summed E-state index contributed by atoms with van der Waals surface area (Å²) >= 11 is 0. The third-order valence-electron chi connectivity index (χ3n) is 3.46. The highest BCUT2D eigenvalue weighted by atomic mass is 16.5. The molecule has 0 aliphatic carbocycles. The van der Waals surface area contributed by atoms with Crippen molar-refractivity contribution in [2.75, 3.05) is 6.61 Å². The van der Waals surface area contributed by atoms with Crippen molar-refractivity contribution in [2.45, 2.75) is 12.3 Å². The van der Waals surface area contributed by atoms with Gasteiger partial charge in [0.1, 0.15) is 5.75 Å². The molecule has 3 rings (SSSR count). The summed E-state index contributed by atoms with van der Waals surface area (Å²) in [6.45, 7) is 0.618. The van der Waals surface area contributed by atoms with Gasteiger partial charge in [0.05, 0.1) is 12.2 Å². The molecule has 1 heterocycles. The van der Waals surface area contributed by atoms with Crippen molar-refractivity contribution in [3.63, 3.8) is 0 Å². The van der Waals surface area contributed by atoms with E-state index in [2.05, 4.69) is 12.1 Å². The molecule has 1 aliphatic heterocycles. The van der Waals surface area contributed by atoms with Crippen LogP contribution in [0.1, 0.15) is 27.4 Å². The Bertz CT molecular complexity index is 605. The van der Waals surface area contributed by atoms with Crippen molar-refractivity contribution in [1.82, 2.24) is 0 Å². The Morgan fingerprint density at radius 3 is 2.74 bits per heavy atom. The molecule has 2 aromatic rings. The molecule has 1 aliphatic rings. The first-order chi connectivity index (χ1) is 9.24. The van der Waals surface area contributed by atoms with Crippen LogP contribution in [0.3, 0.4) is 0 Å². The molecule has 3 heteroatoms. The van der Waals surface area contributed by atoms with Gasteiger partial charge in [-0.25, -0.2) is 4.79 Å². The van der Waals surface area contributed by atoms with Crippen LogP contribution in [0.4, 0.5) is 0 Å². The second kappa shape index (κ2) is 4.76. The van der Waals surface area contributed by atoms with Gasteiger partial charge in [-0.2, -0.15) is 0 Å². The highest BCUT2D eigenvalue weighted by Crippen LogP contribution is 2.36. The van der Waals surface area contributed by atoms with Crippen molar-refractivity contribution in [3.8, 4) is 5.75 Å². The van der Waals surface area contributed by atoms with Gasteiger partial charge in [0, 0.05) is 11.5 Å². The zero-order valence-electron chi connectivity index (χ0n) is 10.4. The number of ether oxygens (including phenoxy) is 1. The summed E-state index contributed by atoms with van der Waals surface area (Å²) < 4.78 is 5.63. The molecule has 0 fully saturated rings. The fourth-order valence-electron chi connectivity index (χ4n) is 2.48. The molecule has 1 atom stereocenters. The molecular formula is C16H14O3. The number of hydrogen-bond donors (Lipinski definition) is 1. The van der Waals surface area contributed by atoms with Crippen molar-refractivity contribution >= 4 is 5.97 Å². The Morgan fingerprint density at radius 1 is 1.21 bits per heavy atom. The maximum atomic E-state index is 11.0. The van der Waals surface area contributed by atoms with E-state index in [1.807, 2.05) is 18.2 Å². The molecule has 1 N–H and O–H groups in total. The molecule has 0 saturated carbocycles. The van der Waals surface area contributed by atoms with Gasteiger partial charge in [0.25, 0.3) is 0 Å². The van der Waals surface area contributed by atoms with Crippen molar-refractivity contribution < 1.29 is 14.6 Å². The summed E-state index contributed by atoms with van der Waals surface area (Å²) in [5, 5.41) is 9.05. The third-order valence-corrected chi connectivity index (χ3v) is 3.46. The van der Waals surface area contributed by atoms with Crippen LogP contribution in [0, 0.1) is 0 Å². The number of hydrogen-bond acceptors (Lipinski definition) is 2. The van der Waals surface area contributed by atoms with Gasteiger partial charge >= 0.3 is 5.97 Å². The Labute approximate surface area is 111 Å². The van der Waals surface area contributed by atoms with E-state index in [4.69, 9.17) is 9.84 Å². The van der Waals surface area contributed by atoms with E-state index in [1.165, 1.54) is 5.56 Å². The van der Waals surface area contributed by atoms with E-state index >= 15 is 0 Å². The van der Waals surface area contributed by atoms with Crippen molar-refractivity contribution in [2.24, 2.45) is 0 Å². The van der Waals surface area contributed by atoms with Crippen LogP contribution in [0.2, 0.25) is 0 Å². The lowest BCUT2D eigenvalue weighted by molar-refractivity contribution is 0.0697. The highest BCUT2D eigenvalue weighted by Gasteiger charge is 2.25. The molecule has 0 amide bonds. The second-order valence-corrected chi connectivity index (χ2v) is 4.76. The number of carboxylic acid groups (broad SMARTS) is 1. The van der Waals surface area contributed by atoms with E-state index in [1.54, 1.807) is 18.2 Å². The summed E-state index contributed by atoms with van der Waals surface area (Å²) in [4.78, 5) is 11.0. The summed E-state index contributed by atoms with van der Waals surface area (Å²) in [5.41, 5.74) is 2.57. The molecular weight excluding hydrogens is 240 g/mol. The lowest BCUT2D eigenvalue weighted by Crippen LogP contribution is -2.05. The number of benzene rings is 2. The van der Waals surface area contributed by atoms with Gasteiger partial charge in [-0.3, -0.25) is 0 Å². The Kier molecular flexibility index (Phi) is 2.95. The van der Waals surface area contributed by atoms with Gasteiger partial charge in [0.2, 0.25) is 0 Å². The maximum absolute atomic E-state index is 11.0. The van der Waals surface area contributed by atoms with Gasteiger partial charge < -0.3 is 9.84 Å². The maximum Gasteiger partial charge on any atom is 0.335 e. The lowest BCUT2D eigenvalue weighted by atomic mass is 9.93. The summed E-state index contributed by atoms with van der Waals surface area (Å²) in [5.74, 6) is 0.149. The van der Waals surface area contributed by atoms with E-state index in [-0.39, 0.29) is 5.92 Å². The van der Waals surface area contributed by atoms with Gasteiger partial charge in [-0.15, -0.1) is 0 Å². The summed E-state index contributed by atoms with van der Waals surface area (Å²) in [6.07, 6.45) is 0.872. The molecule has 3 nitrogen and oxygen atoms in total. The highest BCUT2D eigenvalue weighted by molar-refractivity contribution is 5.88. The average molecular weight is 254 g/mol. The van der Waals surface area contributed by atoms with Crippen molar-refractivity contribution in [3.05, 3.63) is 65.2 Å². The second-order valence-electron chi connectivity index (χ2n) is 4.76. The Balaban J connectivity index is 1.88. The fourth-order valence-corrected chi connectivity index (χ4v) is 2.48. The Hall–Kier alpha value is -2.29. The van der Waals surface area contributed by atoms with Crippen LogP contribution in [-0.4, -0.2) is 17.7 Å². The standard InChI is InChI=1S/C16H14O3/c17-16(18)12-6-7-15-14(9-12)13(10-19-15)8-11-4-2-1-3-5-11/h1-7,9,13H,8,10H2,(H,17,18). The van der Waals surface area contributed by atoms with E-state index in [0.717, 1.165) is 17.7 Å². The minimum Gasteiger partial charge on any atom is -0.493 e. The van der Waals surface area contributed by atoms with Crippen LogP contribution in [-0.2, 0) is 6.42 Å². The quantitative estimate of drug-likeness (QED) is 0.915. The van der Waals surface area contributed by atoms with Crippen LogP contribution < -0.4 is 4.74 Å². The predicted octanol–water partition coefficient (Wildman–Crippen LogP) is 3.10. The molecule has 1 unspecified atom stereocenters. The summed E-state index contributed by atoms with van der Waals surface area (Å²) in [7, 11) is 0. The number of carboxylic acids is 1. The van der Waals surface area contributed by atoms with Gasteiger partial charge in [-0.05, 0) is 30.2 Å². The van der Waals surface area contributed by atoms with Crippen LogP contribution >= 0.6 is 0 Å². The summed E-state index contributed by atoms with van der Waals surface area (Å²) in [6, 6.07) is 15.3. The first-order valence-electron chi connectivity index (χ1n) is 6.28. The van der Waals surface area contributed by atoms with E-state index in [0.29, 0.717) is 12.2 Å². The van der Waals surface area contributed by atoms with Crippen LogP contribution in [0.25, 0.3) is 0 Å². The number of aromatic carboxylic acids is 1. The number of rotatable bonds is 3. The lowest BCUT2D eigenvalue weighted by Gasteiger charge is -2.09. The monoisotopic (exact) mass is 254 g/mol. The Morgan fingerprint density at radius 2 is 2.00 bits per heavy atom. The number of fused-ring (bicyclic) bond motifs is 1. The zero-order valence-corrected chi connectivity index (χ0v) is 10.4. The molecule has 19 heavy (non-hydrogen) atoms. The van der Waals surface area contributed by atoms with Crippen LogP contribution in [0.5, 0.6) is 5.75 Å².